The molecule has 0 bridgehead atoms. The standard InChI is InChI=1S/C10H13NO2/c1-6-2-3-7-8(11)4-5-13-10(7)9(6)12/h2-3,8,12H,4-5,11H2,1H3/t8-/m0/s1. The fourth-order valence-electron chi connectivity index (χ4n) is 1.57. The summed E-state index contributed by atoms with van der Waals surface area (Å²) >= 11 is 0. The van der Waals surface area contributed by atoms with E-state index in [9.17, 15) is 5.11 Å². The zero-order chi connectivity index (χ0) is 9.42. The van der Waals surface area contributed by atoms with E-state index in [0.717, 1.165) is 17.5 Å². The molecule has 0 aliphatic carbocycles. The number of benzene rings is 1. The number of fused-ring (bicyclic) bond motifs is 1. The van der Waals surface area contributed by atoms with E-state index in [4.69, 9.17) is 10.5 Å². The molecule has 3 heteroatoms. The Hall–Kier alpha value is -1.22. The minimum absolute atomic E-state index is 0.00440. The zero-order valence-electron chi connectivity index (χ0n) is 7.58. The number of hydrogen-bond acceptors (Lipinski definition) is 3. The first-order valence-corrected chi connectivity index (χ1v) is 4.41. The molecule has 1 aliphatic rings. The van der Waals surface area contributed by atoms with Gasteiger partial charge in [0.25, 0.3) is 0 Å². The molecule has 0 amide bonds. The van der Waals surface area contributed by atoms with E-state index < -0.39 is 0 Å². The van der Waals surface area contributed by atoms with Crippen LogP contribution in [0.25, 0.3) is 0 Å². The number of phenols is 1. The van der Waals surface area contributed by atoms with Crippen LogP contribution in [0.15, 0.2) is 12.1 Å². The van der Waals surface area contributed by atoms with Gasteiger partial charge >= 0.3 is 0 Å². The molecule has 13 heavy (non-hydrogen) atoms. The highest BCUT2D eigenvalue weighted by Crippen LogP contribution is 2.39. The number of ether oxygens (including phenoxy) is 1. The van der Waals surface area contributed by atoms with E-state index in [0.29, 0.717) is 12.4 Å². The molecule has 1 aromatic carbocycles. The lowest BCUT2D eigenvalue weighted by molar-refractivity contribution is 0.255. The Kier molecular flexibility index (Phi) is 1.88. The van der Waals surface area contributed by atoms with E-state index in [1.165, 1.54) is 0 Å². The molecule has 0 spiro atoms. The molecule has 0 saturated heterocycles. The van der Waals surface area contributed by atoms with Gasteiger partial charge in [0.1, 0.15) is 0 Å². The second-order valence-corrected chi connectivity index (χ2v) is 3.39. The van der Waals surface area contributed by atoms with Crippen molar-refractivity contribution < 1.29 is 9.84 Å². The summed E-state index contributed by atoms with van der Waals surface area (Å²) in [7, 11) is 0. The summed E-state index contributed by atoms with van der Waals surface area (Å²) in [6, 6.07) is 3.78. The number of rotatable bonds is 0. The SMILES string of the molecule is Cc1ccc2c(c1O)OCC[C@@H]2N. The van der Waals surface area contributed by atoms with Crippen molar-refractivity contribution in [3.05, 3.63) is 23.3 Å². The van der Waals surface area contributed by atoms with Crippen molar-refractivity contribution in [2.75, 3.05) is 6.61 Å². The average molecular weight is 179 g/mol. The maximum atomic E-state index is 9.68. The highest BCUT2D eigenvalue weighted by molar-refractivity contribution is 5.52. The summed E-state index contributed by atoms with van der Waals surface area (Å²) in [5.41, 5.74) is 7.61. The monoisotopic (exact) mass is 179 g/mol. The quantitative estimate of drug-likeness (QED) is 0.634. The molecule has 1 aromatic rings. The first-order chi connectivity index (χ1) is 6.20. The van der Waals surface area contributed by atoms with Crippen molar-refractivity contribution in [3.63, 3.8) is 0 Å². The number of aryl methyl sites for hydroxylation is 1. The summed E-state index contributed by atoms with van der Waals surface area (Å²) < 4.78 is 5.38. The van der Waals surface area contributed by atoms with Crippen LogP contribution in [0.3, 0.4) is 0 Å². The summed E-state index contributed by atoms with van der Waals surface area (Å²) in [5.74, 6) is 0.798. The van der Waals surface area contributed by atoms with Crippen LogP contribution in [0.4, 0.5) is 0 Å². The zero-order valence-corrected chi connectivity index (χ0v) is 7.58. The maximum Gasteiger partial charge on any atom is 0.165 e. The number of hydrogen-bond donors (Lipinski definition) is 2. The summed E-state index contributed by atoms with van der Waals surface area (Å²) in [5, 5.41) is 9.68. The number of aromatic hydroxyl groups is 1. The maximum absolute atomic E-state index is 9.68. The van der Waals surface area contributed by atoms with Gasteiger partial charge in [-0.1, -0.05) is 12.1 Å². The minimum atomic E-state index is -0.00440. The van der Waals surface area contributed by atoms with Gasteiger partial charge in [0.2, 0.25) is 0 Å². The van der Waals surface area contributed by atoms with Crippen LogP contribution >= 0.6 is 0 Å². The van der Waals surface area contributed by atoms with Gasteiger partial charge in [0.15, 0.2) is 11.5 Å². The van der Waals surface area contributed by atoms with Gasteiger partial charge in [0.05, 0.1) is 6.61 Å². The Morgan fingerprint density at radius 2 is 2.31 bits per heavy atom. The van der Waals surface area contributed by atoms with E-state index in [2.05, 4.69) is 0 Å². The molecule has 3 nitrogen and oxygen atoms in total. The van der Waals surface area contributed by atoms with E-state index in [1.807, 2.05) is 19.1 Å². The molecule has 70 valence electrons. The van der Waals surface area contributed by atoms with Gasteiger partial charge in [-0.15, -0.1) is 0 Å². The van der Waals surface area contributed by atoms with Crippen molar-refractivity contribution in [1.82, 2.24) is 0 Å². The Morgan fingerprint density at radius 3 is 3.08 bits per heavy atom. The Balaban J connectivity index is 2.56. The third kappa shape index (κ3) is 1.25. The number of phenolic OH excluding ortho intramolecular Hbond substituents is 1. The van der Waals surface area contributed by atoms with Crippen molar-refractivity contribution in [2.24, 2.45) is 5.73 Å². The molecule has 0 unspecified atom stereocenters. The Labute approximate surface area is 77.1 Å². The predicted octanol–water partition coefficient (Wildman–Crippen LogP) is 1.48. The predicted molar refractivity (Wildman–Crippen MR) is 49.9 cm³/mol. The third-order valence-electron chi connectivity index (χ3n) is 2.44. The first kappa shape index (κ1) is 8.38. The van der Waals surface area contributed by atoms with Crippen LogP contribution < -0.4 is 10.5 Å². The summed E-state index contributed by atoms with van der Waals surface area (Å²) in [6.07, 6.45) is 0.815. The molecule has 1 atom stereocenters. The lowest BCUT2D eigenvalue weighted by Crippen LogP contribution is -2.20. The molecule has 0 aromatic heterocycles. The summed E-state index contributed by atoms with van der Waals surface area (Å²) in [4.78, 5) is 0. The molecule has 1 heterocycles. The third-order valence-corrected chi connectivity index (χ3v) is 2.44. The van der Waals surface area contributed by atoms with Crippen molar-refractivity contribution in [1.29, 1.82) is 0 Å². The van der Waals surface area contributed by atoms with Crippen LogP contribution in [-0.4, -0.2) is 11.7 Å². The molecule has 0 fully saturated rings. The smallest absolute Gasteiger partial charge is 0.165 e. The topological polar surface area (TPSA) is 55.5 Å². The van der Waals surface area contributed by atoms with Crippen molar-refractivity contribution in [3.8, 4) is 11.5 Å². The fraction of sp³-hybridized carbons (Fsp3) is 0.400. The Morgan fingerprint density at radius 1 is 1.54 bits per heavy atom. The molecular formula is C10H13NO2. The van der Waals surface area contributed by atoms with Gasteiger partial charge in [-0.05, 0) is 12.5 Å². The molecule has 0 saturated carbocycles. The van der Waals surface area contributed by atoms with E-state index in [1.54, 1.807) is 0 Å². The van der Waals surface area contributed by atoms with Crippen LogP contribution in [-0.2, 0) is 0 Å². The molecule has 3 N–H and O–H groups in total. The van der Waals surface area contributed by atoms with E-state index in [-0.39, 0.29) is 11.8 Å². The van der Waals surface area contributed by atoms with Crippen LogP contribution in [0.2, 0.25) is 0 Å². The second-order valence-electron chi connectivity index (χ2n) is 3.39. The van der Waals surface area contributed by atoms with Gasteiger partial charge in [-0.25, -0.2) is 0 Å². The molecule has 1 aliphatic heterocycles. The number of nitrogens with two attached hydrogens (primary N) is 1. The van der Waals surface area contributed by atoms with Crippen LogP contribution in [0.1, 0.15) is 23.6 Å². The molecular weight excluding hydrogens is 166 g/mol. The van der Waals surface area contributed by atoms with Gasteiger partial charge in [-0.2, -0.15) is 0 Å². The Bertz CT molecular complexity index is 336. The highest BCUT2D eigenvalue weighted by atomic mass is 16.5. The average Bonchev–Trinajstić information content (AvgIpc) is 2.12. The van der Waals surface area contributed by atoms with Crippen molar-refractivity contribution in [2.45, 2.75) is 19.4 Å². The van der Waals surface area contributed by atoms with Gasteiger partial charge in [0, 0.05) is 18.0 Å². The lowest BCUT2D eigenvalue weighted by atomic mass is 9.99. The van der Waals surface area contributed by atoms with Crippen molar-refractivity contribution >= 4 is 0 Å². The lowest BCUT2D eigenvalue weighted by Gasteiger charge is -2.24. The van der Waals surface area contributed by atoms with Crippen LogP contribution in [0, 0.1) is 6.92 Å². The van der Waals surface area contributed by atoms with Gasteiger partial charge < -0.3 is 15.6 Å². The van der Waals surface area contributed by atoms with E-state index >= 15 is 0 Å². The largest absolute Gasteiger partial charge is 0.504 e. The molecule has 2 rings (SSSR count). The normalized spacial score (nSPS) is 20.6. The first-order valence-electron chi connectivity index (χ1n) is 4.41. The second kappa shape index (κ2) is 2.92. The van der Waals surface area contributed by atoms with Gasteiger partial charge in [-0.3, -0.25) is 0 Å². The minimum Gasteiger partial charge on any atom is -0.504 e. The van der Waals surface area contributed by atoms with Crippen LogP contribution in [0.5, 0.6) is 11.5 Å². The fourth-order valence-corrected chi connectivity index (χ4v) is 1.57. The molecule has 0 radical (unpaired) electrons. The summed E-state index contributed by atoms with van der Waals surface area (Å²) in [6.45, 7) is 2.43. The highest BCUT2D eigenvalue weighted by Gasteiger charge is 2.21.